The molecule has 0 N–H and O–H groups in total. The first-order valence-electron chi connectivity index (χ1n) is 3.97. The smallest absolute Gasteiger partial charge is 0.357 e. The molecule has 0 aliphatic heterocycles. The number of ether oxygens (including phenoxy) is 1. The minimum atomic E-state index is -3.19. The summed E-state index contributed by atoms with van der Waals surface area (Å²) in [7, 11) is 0.967. The summed E-state index contributed by atoms with van der Waals surface area (Å²) in [5.74, 6) is -2.35. The highest BCUT2D eigenvalue weighted by Gasteiger charge is 2.26. The van der Waals surface area contributed by atoms with Gasteiger partial charge in [-0.3, -0.25) is 0 Å². The molecule has 84 valence electrons. The third-order valence-electron chi connectivity index (χ3n) is 1.78. The number of rotatable bonds is 2. The van der Waals surface area contributed by atoms with Crippen molar-refractivity contribution in [3.8, 4) is 6.07 Å². The van der Waals surface area contributed by atoms with E-state index in [1.165, 1.54) is 6.07 Å². The third-order valence-corrected chi connectivity index (χ3v) is 1.78. The maximum absolute atomic E-state index is 13.0. The van der Waals surface area contributed by atoms with Crippen LogP contribution in [0.1, 0.15) is 28.0 Å². The summed E-state index contributed by atoms with van der Waals surface area (Å²) in [6.45, 7) is 0. The maximum atomic E-state index is 13.0. The van der Waals surface area contributed by atoms with Gasteiger partial charge in [-0.05, 0) is 0 Å². The van der Waals surface area contributed by atoms with Gasteiger partial charge < -0.3 is 4.74 Å². The van der Waals surface area contributed by atoms with Crippen molar-refractivity contribution in [2.24, 2.45) is 0 Å². The zero-order valence-corrected chi connectivity index (χ0v) is 8.00. The molecule has 0 saturated carbocycles. The van der Waals surface area contributed by atoms with E-state index in [9.17, 15) is 18.0 Å². The first-order valence-corrected chi connectivity index (χ1v) is 3.97. The quantitative estimate of drug-likeness (QED) is 0.727. The van der Waals surface area contributed by atoms with E-state index in [-0.39, 0.29) is 0 Å². The van der Waals surface area contributed by atoms with Crippen LogP contribution in [0.2, 0.25) is 0 Å². The van der Waals surface area contributed by atoms with Gasteiger partial charge in [0.05, 0.1) is 18.9 Å². The van der Waals surface area contributed by atoms with Crippen LogP contribution in [0, 0.1) is 17.1 Å². The number of hydrogen-bond donors (Lipinski definition) is 0. The van der Waals surface area contributed by atoms with Gasteiger partial charge in [0.1, 0.15) is 11.6 Å². The second kappa shape index (κ2) is 4.61. The molecule has 0 saturated heterocycles. The van der Waals surface area contributed by atoms with Gasteiger partial charge in [0.2, 0.25) is 0 Å². The molecule has 1 rings (SSSR count). The lowest BCUT2D eigenvalue weighted by molar-refractivity contribution is 0.0581. The van der Waals surface area contributed by atoms with Gasteiger partial charge in [-0.25, -0.2) is 22.9 Å². The lowest BCUT2D eigenvalue weighted by Gasteiger charge is -2.08. The highest BCUT2D eigenvalue weighted by Crippen LogP contribution is 2.27. The van der Waals surface area contributed by atoms with E-state index >= 15 is 0 Å². The number of nitriles is 1. The Hall–Kier alpha value is -2.10. The fourth-order valence-electron chi connectivity index (χ4n) is 1.09. The molecule has 4 nitrogen and oxygen atoms in total. The van der Waals surface area contributed by atoms with Crippen LogP contribution in [-0.4, -0.2) is 18.1 Å². The molecule has 7 heteroatoms. The minimum Gasteiger partial charge on any atom is -0.464 e. The number of methoxy groups -OCH3 is 1. The fourth-order valence-corrected chi connectivity index (χ4v) is 1.09. The summed E-state index contributed by atoms with van der Waals surface area (Å²) < 4.78 is 42.4. The van der Waals surface area contributed by atoms with E-state index in [2.05, 4.69) is 9.72 Å². The Balaban J connectivity index is 3.53. The molecule has 1 aromatic rings. The van der Waals surface area contributed by atoms with Gasteiger partial charge in [-0.1, -0.05) is 0 Å². The summed E-state index contributed by atoms with van der Waals surface area (Å²) in [5, 5.41) is 8.52. The monoisotopic (exact) mass is 230 g/mol. The molecule has 0 spiro atoms. The Morgan fingerprint density at radius 1 is 1.62 bits per heavy atom. The predicted molar refractivity (Wildman–Crippen MR) is 45.2 cm³/mol. The molecule has 0 radical (unpaired) electrons. The van der Waals surface area contributed by atoms with Gasteiger partial charge in [0, 0.05) is 0 Å². The Morgan fingerprint density at radius 3 is 2.69 bits per heavy atom. The average Bonchev–Trinajstić information content (AvgIpc) is 2.27. The van der Waals surface area contributed by atoms with Crippen molar-refractivity contribution in [3.05, 3.63) is 28.8 Å². The molecule has 1 aromatic heterocycles. The summed E-state index contributed by atoms with van der Waals surface area (Å²) in [4.78, 5) is 14.3. The second-order valence-electron chi connectivity index (χ2n) is 2.65. The van der Waals surface area contributed by atoms with Gasteiger partial charge in [0.15, 0.2) is 11.5 Å². The molecule has 0 bridgehead atoms. The Bertz CT molecular complexity index is 469. The van der Waals surface area contributed by atoms with E-state index in [1.807, 2.05) is 0 Å². The molecule has 0 unspecified atom stereocenters. The first-order chi connectivity index (χ1) is 7.52. The van der Waals surface area contributed by atoms with Crippen molar-refractivity contribution in [2.45, 2.75) is 6.43 Å². The van der Waals surface area contributed by atoms with E-state index < -0.39 is 35.0 Å². The lowest BCUT2D eigenvalue weighted by atomic mass is 10.1. The Kier molecular flexibility index (Phi) is 3.45. The van der Waals surface area contributed by atoms with E-state index in [0.717, 1.165) is 7.11 Å². The highest BCUT2D eigenvalue weighted by molar-refractivity contribution is 5.89. The van der Waals surface area contributed by atoms with Crippen molar-refractivity contribution < 1.29 is 22.7 Å². The number of pyridine rings is 1. The van der Waals surface area contributed by atoms with Gasteiger partial charge in [-0.2, -0.15) is 5.26 Å². The number of carbonyl (C=O) groups is 1. The zero-order chi connectivity index (χ0) is 12.3. The van der Waals surface area contributed by atoms with E-state index in [1.54, 1.807) is 0 Å². The van der Waals surface area contributed by atoms with Crippen molar-refractivity contribution in [3.63, 3.8) is 0 Å². The van der Waals surface area contributed by atoms with Crippen molar-refractivity contribution >= 4 is 5.97 Å². The third kappa shape index (κ3) is 1.95. The van der Waals surface area contributed by atoms with E-state index in [0.29, 0.717) is 6.20 Å². The number of halogens is 3. The number of carbonyl (C=O) groups excluding carboxylic acids is 1. The molecule has 1 heterocycles. The predicted octanol–water partition coefficient (Wildman–Crippen LogP) is 1.82. The van der Waals surface area contributed by atoms with Crippen LogP contribution in [-0.2, 0) is 4.74 Å². The highest BCUT2D eigenvalue weighted by atomic mass is 19.3. The topological polar surface area (TPSA) is 63.0 Å². The molecule has 0 aliphatic carbocycles. The standard InChI is InChI=1S/C9H5F3N2O2/c1-16-9(15)7-6(8(11)12)4(2-13)5(10)3-14-7/h3,8H,1H3. The number of nitrogens with zero attached hydrogens (tertiary/aromatic N) is 2. The van der Waals surface area contributed by atoms with E-state index in [4.69, 9.17) is 5.26 Å². The summed E-state index contributed by atoms with van der Waals surface area (Å²) >= 11 is 0. The van der Waals surface area contributed by atoms with Crippen molar-refractivity contribution in [2.75, 3.05) is 7.11 Å². The number of alkyl halides is 2. The Labute approximate surface area is 88.3 Å². The SMILES string of the molecule is COC(=O)c1ncc(F)c(C#N)c1C(F)F. The normalized spacial score (nSPS) is 10.0. The van der Waals surface area contributed by atoms with Gasteiger partial charge in [0.25, 0.3) is 6.43 Å². The van der Waals surface area contributed by atoms with Crippen LogP contribution in [0.4, 0.5) is 13.2 Å². The molecule has 16 heavy (non-hydrogen) atoms. The largest absolute Gasteiger partial charge is 0.464 e. The number of hydrogen-bond acceptors (Lipinski definition) is 4. The maximum Gasteiger partial charge on any atom is 0.357 e. The van der Waals surface area contributed by atoms with Crippen molar-refractivity contribution in [1.82, 2.24) is 4.98 Å². The zero-order valence-electron chi connectivity index (χ0n) is 8.00. The van der Waals surface area contributed by atoms with Gasteiger partial charge in [-0.15, -0.1) is 0 Å². The second-order valence-corrected chi connectivity index (χ2v) is 2.65. The van der Waals surface area contributed by atoms with Crippen LogP contribution in [0.3, 0.4) is 0 Å². The molecule has 0 aromatic carbocycles. The molecule has 0 aliphatic rings. The molecule has 0 fully saturated rings. The summed E-state index contributed by atoms with van der Waals surface area (Å²) in [6, 6.07) is 1.26. The average molecular weight is 230 g/mol. The van der Waals surface area contributed by atoms with Gasteiger partial charge >= 0.3 is 5.97 Å². The number of esters is 1. The molecular weight excluding hydrogens is 225 g/mol. The summed E-state index contributed by atoms with van der Waals surface area (Å²) in [5.41, 5.74) is -2.70. The van der Waals surface area contributed by atoms with Crippen LogP contribution >= 0.6 is 0 Å². The molecule has 0 atom stereocenters. The van der Waals surface area contributed by atoms with Crippen LogP contribution in [0.5, 0.6) is 0 Å². The molecule has 0 amide bonds. The summed E-state index contributed by atoms with van der Waals surface area (Å²) in [6.07, 6.45) is -2.66. The van der Waals surface area contributed by atoms with Crippen LogP contribution in [0.25, 0.3) is 0 Å². The van der Waals surface area contributed by atoms with Crippen molar-refractivity contribution in [1.29, 1.82) is 5.26 Å². The number of aromatic nitrogens is 1. The van der Waals surface area contributed by atoms with Crippen LogP contribution < -0.4 is 0 Å². The minimum absolute atomic E-state index is 0.524. The van der Waals surface area contributed by atoms with Crippen LogP contribution in [0.15, 0.2) is 6.20 Å². The molecular formula is C9H5F3N2O2. The lowest BCUT2D eigenvalue weighted by Crippen LogP contribution is -2.12. The fraction of sp³-hybridized carbons (Fsp3) is 0.222. The first kappa shape index (κ1) is 12.0. The Morgan fingerprint density at radius 2 is 2.25 bits per heavy atom.